The molecule has 2 aliphatic carbocycles. The molecule has 6 rings (SSSR count). The van der Waals surface area contributed by atoms with E-state index < -0.39 is 29.9 Å². The molecule has 192 valence electrons. The summed E-state index contributed by atoms with van der Waals surface area (Å²) < 4.78 is 18.4. The van der Waals surface area contributed by atoms with Gasteiger partial charge in [-0.25, -0.2) is 9.78 Å². The number of hydrogen-bond donors (Lipinski definition) is 1. The van der Waals surface area contributed by atoms with E-state index in [1.807, 2.05) is 6.92 Å². The molecule has 34 heavy (non-hydrogen) atoms. The molecule has 1 N–H and O–H groups in total. The van der Waals surface area contributed by atoms with Gasteiger partial charge in [-0.2, -0.15) is 0 Å². The van der Waals surface area contributed by atoms with Gasteiger partial charge in [0.25, 0.3) is 0 Å². The maximum absolute atomic E-state index is 12.7. The van der Waals surface area contributed by atoms with Crippen molar-refractivity contribution in [3.8, 4) is 0 Å². The highest BCUT2D eigenvalue weighted by atomic mass is 17.3. The van der Waals surface area contributed by atoms with Crippen LogP contribution in [0.25, 0.3) is 0 Å². The number of fused-ring (bicyclic) bond motifs is 2. The van der Waals surface area contributed by atoms with Crippen molar-refractivity contribution in [3.05, 3.63) is 0 Å². The first-order valence-corrected chi connectivity index (χ1v) is 13.5. The summed E-state index contributed by atoms with van der Waals surface area (Å²) >= 11 is 0. The Morgan fingerprint density at radius 1 is 0.971 bits per heavy atom. The lowest BCUT2D eigenvalue weighted by Gasteiger charge is -2.59. The summed E-state index contributed by atoms with van der Waals surface area (Å²) in [6.45, 7) is 6.91. The van der Waals surface area contributed by atoms with Crippen LogP contribution < -0.4 is 5.32 Å². The summed E-state index contributed by atoms with van der Waals surface area (Å²) in [5.74, 6) is -0.00556. The van der Waals surface area contributed by atoms with Crippen LogP contribution in [0.5, 0.6) is 0 Å². The first-order valence-electron chi connectivity index (χ1n) is 13.5. The fourth-order valence-corrected chi connectivity index (χ4v) is 7.15. The lowest BCUT2D eigenvalue weighted by Crippen LogP contribution is -2.70. The third-order valence-electron chi connectivity index (χ3n) is 9.21. The first kappa shape index (κ1) is 24.5. The molecule has 8 atom stereocenters. The van der Waals surface area contributed by atoms with Crippen molar-refractivity contribution in [2.75, 3.05) is 6.54 Å². The Balaban J connectivity index is 1.18. The highest BCUT2D eigenvalue weighted by molar-refractivity contribution is 5.81. The molecule has 0 aromatic rings. The van der Waals surface area contributed by atoms with Gasteiger partial charge in [-0.3, -0.25) is 9.59 Å². The van der Waals surface area contributed by atoms with E-state index in [1.54, 1.807) is 0 Å². The Hall–Kier alpha value is -1.22. The van der Waals surface area contributed by atoms with Gasteiger partial charge in [0, 0.05) is 31.2 Å². The normalized spacial score (nSPS) is 44.1. The summed E-state index contributed by atoms with van der Waals surface area (Å²) in [4.78, 5) is 36.9. The Kier molecular flexibility index (Phi) is 6.97. The molecule has 0 aromatic heterocycles. The van der Waals surface area contributed by atoms with Crippen molar-refractivity contribution in [2.24, 2.45) is 29.6 Å². The van der Waals surface area contributed by atoms with Crippen molar-refractivity contribution in [1.82, 2.24) is 5.32 Å². The predicted molar refractivity (Wildman–Crippen MR) is 122 cm³/mol. The van der Waals surface area contributed by atoms with E-state index in [-0.39, 0.29) is 36.5 Å². The van der Waals surface area contributed by atoms with Gasteiger partial charge in [0.2, 0.25) is 18.0 Å². The largest absolute Gasteiger partial charge is 0.435 e. The maximum Gasteiger partial charge on any atom is 0.308 e. The van der Waals surface area contributed by atoms with Crippen molar-refractivity contribution < 1.29 is 33.6 Å². The van der Waals surface area contributed by atoms with Crippen LogP contribution in [0.3, 0.4) is 0 Å². The molecule has 0 aromatic carbocycles. The molecule has 0 radical (unpaired) electrons. The van der Waals surface area contributed by atoms with Gasteiger partial charge in [-0.15, -0.1) is 0 Å². The molecular weight excluding hydrogens is 438 g/mol. The van der Waals surface area contributed by atoms with Gasteiger partial charge < -0.3 is 19.5 Å². The molecular formula is C26H41NO7. The third-order valence-corrected chi connectivity index (χ3v) is 9.21. The number of rotatable bonds is 6. The van der Waals surface area contributed by atoms with Gasteiger partial charge in [0.15, 0.2) is 11.9 Å². The monoisotopic (exact) mass is 479 g/mol. The maximum atomic E-state index is 12.7. The summed E-state index contributed by atoms with van der Waals surface area (Å²) in [5.41, 5.74) is -0.672. The standard InChI is InChI=1S/C26H41NO7/c1-16-9-10-20-17(2)23(31-24-26(20)19(16)13-14-25(3,32-24)33-34-26)30-22(29)12-11-21(28)27-15-18-7-5-4-6-8-18/h16-20,23-24H,4-15H2,1-3H3,(H,27,28)/t16-,17-,19+,20+,23-,24-,25+,26-/m1/s1. The molecule has 0 unspecified atom stereocenters. The predicted octanol–water partition coefficient (Wildman–Crippen LogP) is 4.21. The Bertz CT molecular complexity index is 770. The lowest BCUT2D eigenvalue weighted by molar-refractivity contribution is -0.576. The Morgan fingerprint density at radius 2 is 1.76 bits per heavy atom. The summed E-state index contributed by atoms with van der Waals surface area (Å²) in [7, 11) is 0. The second-order valence-corrected chi connectivity index (χ2v) is 11.6. The zero-order valence-corrected chi connectivity index (χ0v) is 20.9. The van der Waals surface area contributed by atoms with Crippen LogP contribution >= 0.6 is 0 Å². The van der Waals surface area contributed by atoms with Crippen molar-refractivity contribution >= 4 is 11.9 Å². The molecule has 4 saturated heterocycles. The van der Waals surface area contributed by atoms with E-state index in [1.165, 1.54) is 32.1 Å². The van der Waals surface area contributed by atoms with Crippen LogP contribution in [0.15, 0.2) is 0 Å². The van der Waals surface area contributed by atoms with Gasteiger partial charge in [-0.05, 0) is 56.8 Å². The van der Waals surface area contributed by atoms with Crippen LogP contribution in [-0.4, -0.2) is 42.4 Å². The number of esters is 1. The first-order chi connectivity index (χ1) is 16.3. The fraction of sp³-hybridized carbons (Fsp3) is 0.923. The van der Waals surface area contributed by atoms with Crippen LogP contribution in [0.1, 0.15) is 91.4 Å². The SMILES string of the molecule is C[C@H]1[C@H](OC(=O)CCC(=O)NCC2CCCCC2)O[C@@H]2O[C@]3(C)CC[C@H]4[C@H](C)CC[C@@H]1[C@@]24OO3. The average Bonchev–Trinajstić information content (AvgIpc) is 3.06. The smallest absolute Gasteiger partial charge is 0.308 e. The number of carbonyl (C=O) groups excluding carboxylic acids is 2. The number of ether oxygens (including phenoxy) is 3. The van der Waals surface area contributed by atoms with E-state index in [2.05, 4.69) is 19.2 Å². The highest BCUT2D eigenvalue weighted by Gasteiger charge is 2.69. The molecule has 1 amide bonds. The topological polar surface area (TPSA) is 92.3 Å². The molecule has 8 heteroatoms. The van der Waals surface area contributed by atoms with Crippen molar-refractivity contribution in [2.45, 2.75) is 115 Å². The zero-order valence-electron chi connectivity index (χ0n) is 20.9. The number of nitrogens with one attached hydrogen (secondary N) is 1. The molecule has 1 spiro atoms. The summed E-state index contributed by atoms with van der Waals surface area (Å²) in [6, 6.07) is 0. The van der Waals surface area contributed by atoms with Gasteiger partial charge in [0.1, 0.15) is 0 Å². The van der Waals surface area contributed by atoms with Gasteiger partial charge in [0.05, 0.1) is 6.42 Å². The molecule has 8 nitrogen and oxygen atoms in total. The minimum absolute atomic E-state index is 0.0431. The lowest BCUT2D eigenvalue weighted by atomic mass is 9.58. The van der Waals surface area contributed by atoms with Crippen LogP contribution in [0.4, 0.5) is 0 Å². The third kappa shape index (κ3) is 4.51. The van der Waals surface area contributed by atoms with Crippen molar-refractivity contribution in [1.29, 1.82) is 0 Å². The molecule has 2 saturated carbocycles. The van der Waals surface area contributed by atoms with E-state index >= 15 is 0 Å². The molecule has 6 fully saturated rings. The van der Waals surface area contributed by atoms with E-state index in [0.717, 1.165) is 25.7 Å². The number of amides is 1. The molecule has 4 heterocycles. The van der Waals surface area contributed by atoms with E-state index in [0.29, 0.717) is 18.4 Å². The fourth-order valence-electron chi connectivity index (χ4n) is 7.15. The average molecular weight is 480 g/mol. The van der Waals surface area contributed by atoms with Gasteiger partial charge >= 0.3 is 5.97 Å². The molecule has 4 aliphatic heterocycles. The zero-order chi connectivity index (χ0) is 23.9. The van der Waals surface area contributed by atoms with Crippen LogP contribution in [-0.2, 0) is 33.6 Å². The minimum Gasteiger partial charge on any atom is -0.435 e. The summed E-state index contributed by atoms with van der Waals surface area (Å²) in [5, 5.41) is 2.99. The van der Waals surface area contributed by atoms with Gasteiger partial charge in [-0.1, -0.05) is 33.1 Å². The molecule has 2 bridgehead atoms. The molecule has 6 aliphatic rings. The summed E-state index contributed by atoms with van der Waals surface area (Å²) in [6.07, 6.45) is 8.70. The second-order valence-electron chi connectivity index (χ2n) is 11.6. The Labute approximate surface area is 202 Å². The quantitative estimate of drug-likeness (QED) is 0.450. The minimum atomic E-state index is -0.858. The number of carbonyl (C=O) groups is 2. The van der Waals surface area contributed by atoms with Crippen LogP contribution in [0.2, 0.25) is 0 Å². The second kappa shape index (κ2) is 9.68. The van der Waals surface area contributed by atoms with E-state index in [9.17, 15) is 9.59 Å². The van der Waals surface area contributed by atoms with Crippen LogP contribution in [0, 0.1) is 29.6 Å². The van der Waals surface area contributed by atoms with E-state index in [4.69, 9.17) is 24.0 Å². The van der Waals surface area contributed by atoms with Crippen molar-refractivity contribution in [3.63, 3.8) is 0 Å². The number of hydrogen-bond acceptors (Lipinski definition) is 7. The Morgan fingerprint density at radius 3 is 2.56 bits per heavy atom. The highest BCUT2D eigenvalue weighted by Crippen LogP contribution is 2.60.